The zero-order valence-corrected chi connectivity index (χ0v) is 12.8. The molecule has 0 saturated heterocycles. The molecule has 1 aromatic rings. The first-order valence-electron chi connectivity index (χ1n) is 7.51. The van der Waals surface area contributed by atoms with Gasteiger partial charge in [-0.05, 0) is 37.3 Å². The van der Waals surface area contributed by atoms with Crippen LogP contribution in [0.2, 0.25) is 0 Å². The van der Waals surface area contributed by atoms with E-state index in [9.17, 15) is 5.11 Å². The summed E-state index contributed by atoms with van der Waals surface area (Å²) in [4.78, 5) is 0. The summed E-state index contributed by atoms with van der Waals surface area (Å²) in [6.45, 7) is 8.96. The largest absolute Gasteiger partial charge is 0.390 e. The Kier molecular flexibility index (Phi) is 6.53. The number of aliphatic hydroxyl groups excluding tert-OH is 1. The number of aryl methyl sites for hydroxylation is 1. The molecule has 0 aliphatic heterocycles. The Labute approximate surface area is 117 Å². The summed E-state index contributed by atoms with van der Waals surface area (Å²) in [6.07, 6.45) is 2.94. The third-order valence-corrected chi connectivity index (χ3v) is 4.10. The molecule has 0 fully saturated rings. The normalized spacial score (nSPS) is 13.5. The van der Waals surface area contributed by atoms with Gasteiger partial charge >= 0.3 is 0 Å². The van der Waals surface area contributed by atoms with Gasteiger partial charge < -0.3 is 9.84 Å². The fourth-order valence-electron chi connectivity index (χ4n) is 2.63. The summed E-state index contributed by atoms with van der Waals surface area (Å²) >= 11 is 0. The van der Waals surface area contributed by atoms with Crippen molar-refractivity contribution >= 4 is 0 Å². The van der Waals surface area contributed by atoms with Crippen molar-refractivity contribution in [1.82, 2.24) is 0 Å². The molecular formula is C17H28O2. The molecule has 0 bridgehead atoms. The van der Waals surface area contributed by atoms with Crippen LogP contribution in [0, 0.1) is 0 Å². The van der Waals surface area contributed by atoms with Gasteiger partial charge in [0, 0.05) is 13.0 Å². The van der Waals surface area contributed by atoms with Crippen LogP contribution < -0.4 is 0 Å². The predicted molar refractivity (Wildman–Crippen MR) is 80.5 cm³/mol. The van der Waals surface area contributed by atoms with Crippen LogP contribution in [0.5, 0.6) is 0 Å². The van der Waals surface area contributed by atoms with Crippen molar-refractivity contribution in [2.75, 3.05) is 6.61 Å². The van der Waals surface area contributed by atoms with Crippen molar-refractivity contribution in [1.29, 1.82) is 0 Å². The van der Waals surface area contributed by atoms with E-state index in [4.69, 9.17) is 4.74 Å². The lowest BCUT2D eigenvalue weighted by Gasteiger charge is -2.36. The van der Waals surface area contributed by atoms with E-state index < -0.39 is 11.7 Å². The molecule has 108 valence electrons. The van der Waals surface area contributed by atoms with Crippen LogP contribution in [-0.4, -0.2) is 23.4 Å². The average Bonchev–Trinajstić information content (AvgIpc) is 2.45. The van der Waals surface area contributed by atoms with E-state index in [1.807, 2.05) is 6.92 Å². The maximum atomic E-state index is 10.5. The van der Waals surface area contributed by atoms with Crippen molar-refractivity contribution in [3.8, 4) is 0 Å². The molecule has 1 unspecified atom stereocenters. The van der Waals surface area contributed by atoms with Crippen LogP contribution in [0.1, 0.15) is 51.7 Å². The van der Waals surface area contributed by atoms with Gasteiger partial charge in [-0.3, -0.25) is 0 Å². The van der Waals surface area contributed by atoms with Gasteiger partial charge in [0.25, 0.3) is 0 Å². The summed E-state index contributed by atoms with van der Waals surface area (Å²) in [5.41, 5.74) is 2.11. The van der Waals surface area contributed by atoms with Crippen molar-refractivity contribution in [2.24, 2.45) is 0 Å². The summed E-state index contributed by atoms with van der Waals surface area (Å²) in [7, 11) is 0. The standard InChI is InChI=1S/C17H28O2/c1-5-14-9-11-15(12-10-14)13-16(18)17(6-2,7-3)19-8-4/h9-12,16,18H,5-8,13H2,1-4H3. The Bertz CT molecular complexity index is 352. The molecule has 1 N–H and O–H groups in total. The lowest BCUT2D eigenvalue weighted by Crippen LogP contribution is -2.45. The Morgan fingerprint density at radius 3 is 1.95 bits per heavy atom. The first-order valence-corrected chi connectivity index (χ1v) is 7.51. The molecule has 19 heavy (non-hydrogen) atoms. The summed E-state index contributed by atoms with van der Waals surface area (Å²) in [6, 6.07) is 8.51. The van der Waals surface area contributed by atoms with Crippen LogP contribution in [0.15, 0.2) is 24.3 Å². The quantitative estimate of drug-likeness (QED) is 0.775. The van der Waals surface area contributed by atoms with E-state index in [-0.39, 0.29) is 0 Å². The highest BCUT2D eigenvalue weighted by molar-refractivity contribution is 5.23. The first kappa shape index (κ1) is 16.2. The predicted octanol–water partition coefficient (Wildman–Crippen LogP) is 3.75. The lowest BCUT2D eigenvalue weighted by atomic mass is 9.86. The fraction of sp³-hybridized carbons (Fsp3) is 0.647. The second kappa shape index (κ2) is 7.66. The van der Waals surface area contributed by atoms with E-state index in [1.165, 1.54) is 11.1 Å². The fourth-order valence-corrected chi connectivity index (χ4v) is 2.63. The molecule has 0 heterocycles. The SMILES string of the molecule is CCOC(CC)(CC)C(O)Cc1ccc(CC)cc1. The average molecular weight is 264 g/mol. The Hall–Kier alpha value is -0.860. The molecule has 0 radical (unpaired) electrons. The van der Waals surface area contributed by atoms with E-state index in [0.717, 1.165) is 19.3 Å². The van der Waals surface area contributed by atoms with Crippen LogP contribution in [0.4, 0.5) is 0 Å². The number of ether oxygens (including phenoxy) is 1. The zero-order valence-electron chi connectivity index (χ0n) is 12.8. The minimum atomic E-state index is -0.449. The third kappa shape index (κ3) is 4.05. The van der Waals surface area contributed by atoms with Gasteiger partial charge in [-0.2, -0.15) is 0 Å². The van der Waals surface area contributed by atoms with Gasteiger partial charge in [0.1, 0.15) is 0 Å². The van der Waals surface area contributed by atoms with Crippen LogP contribution in [0.3, 0.4) is 0 Å². The van der Waals surface area contributed by atoms with E-state index >= 15 is 0 Å². The van der Waals surface area contributed by atoms with Gasteiger partial charge in [-0.25, -0.2) is 0 Å². The van der Waals surface area contributed by atoms with Crippen LogP contribution >= 0.6 is 0 Å². The van der Waals surface area contributed by atoms with Gasteiger partial charge in [-0.1, -0.05) is 45.0 Å². The number of hydrogen-bond acceptors (Lipinski definition) is 2. The van der Waals surface area contributed by atoms with Crippen LogP contribution in [-0.2, 0) is 17.6 Å². The highest BCUT2D eigenvalue weighted by Crippen LogP contribution is 2.27. The number of hydrogen-bond donors (Lipinski definition) is 1. The summed E-state index contributed by atoms with van der Waals surface area (Å²) in [5.74, 6) is 0. The molecule has 2 heteroatoms. The second-order valence-electron chi connectivity index (χ2n) is 5.09. The highest BCUT2D eigenvalue weighted by Gasteiger charge is 2.35. The van der Waals surface area contributed by atoms with Gasteiger partial charge in [0.15, 0.2) is 0 Å². The molecule has 1 atom stereocenters. The maximum absolute atomic E-state index is 10.5. The Balaban J connectivity index is 2.77. The van der Waals surface area contributed by atoms with Crippen LogP contribution in [0.25, 0.3) is 0 Å². The molecule has 0 aliphatic rings. The summed E-state index contributed by atoms with van der Waals surface area (Å²) < 4.78 is 5.86. The number of benzene rings is 1. The topological polar surface area (TPSA) is 29.5 Å². The maximum Gasteiger partial charge on any atom is 0.0938 e. The van der Waals surface area contributed by atoms with E-state index in [0.29, 0.717) is 13.0 Å². The van der Waals surface area contributed by atoms with Crippen molar-refractivity contribution < 1.29 is 9.84 Å². The minimum absolute atomic E-state index is 0.405. The molecule has 1 aromatic carbocycles. The van der Waals surface area contributed by atoms with Gasteiger partial charge in [0.2, 0.25) is 0 Å². The minimum Gasteiger partial charge on any atom is -0.390 e. The van der Waals surface area contributed by atoms with Crippen molar-refractivity contribution in [2.45, 2.75) is 65.1 Å². The molecule has 1 rings (SSSR count). The lowest BCUT2D eigenvalue weighted by molar-refractivity contribution is -0.124. The molecule has 0 amide bonds. The Morgan fingerprint density at radius 2 is 1.53 bits per heavy atom. The Morgan fingerprint density at radius 1 is 1.00 bits per heavy atom. The van der Waals surface area contributed by atoms with Crippen molar-refractivity contribution in [3.63, 3.8) is 0 Å². The van der Waals surface area contributed by atoms with Crippen molar-refractivity contribution in [3.05, 3.63) is 35.4 Å². The molecule has 2 nitrogen and oxygen atoms in total. The second-order valence-corrected chi connectivity index (χ2v) is 5.09. The van der Waals surface area contributed by atoms with Gasteiger partial charge in [0.05, 0.1) is 11.7 Å². The molecular weight excluding hydrogens is 236 g/mol. The zero-order chi connectivity index (χ0) is 14.3. The smallest absolute Gasteiger partial charge is 0.0938 e. The number of aliphatic hydroxyl groups is 1. The molecule has 0 spiro atoms. The monoisotopic (exact) mass is 264 g/mol. The van der Waals surface area contributed by atoms with E-state index in [2.05, 4.69) is 45.0 Å². The first-order chi connectivity index (χ1) is 9.11. The van der Waals surface area contributed by atoms with Gasteiger partial charge in [-0.15, -0.1) is 0 Å². The summed E-state index contributed by atoms with van der Waals surface area (Å²) in [5, 5.41) is 10.5. The third-order valence-electron chi connectivity index (χ3n) is 4.10. The highest BCUT2D eigenvalue weighted by atomic mass is 16.5. The number of rotatable bonds is 8. The molecule has 0 aliphatic carbocycles. The van der Waals surface area contributed by atoms with E-state index in [1.54, 1.807) is 0 Å². The molecule has 0 saturated carbocycles. The molecule has 0 aromatic heterocycles.